The molecule has 2 nitrogen and oxygen atoms in total. The molecule has 1 aliphatic heterocycles. The van der Waals surface area contributed by atoms with Crippen molar-refractivity contribution in [2.24, 2.45) is 0 Å². The monoisotopic (exact) mass is 339 g/mol. The molecule has 1 unspecified atom stereocenters. The van der Waals surface area contributed by atoms with Crippen LogP contribution in [0.4, 0.5) is 5.69 Å². The number of fused-ring (bicyclic) bond motifs is 1. The highest BCUT2D eigenvalue weighted by molar-refractivity contribution is 6.30. The van der Waals surface area contributed by atoms with Crippen LogP contribution in [0, 0.1) is 0 Å². The second kappa shape index (κ2) is 7.01. The van der Waals surface area contributed by atoms with Crippen LogP contribution in [0.5, 0.6) is 0 Å². The number of rotatable bonds is 3. The Balaban J connectivity index is 1.80. The average Bonchev–Trinajstić information content (AvgIpc) is 3.03. The van der Waals surface area contributed by atoms with Gasteiger partial charge >= 0.3 is 0 Å². The summed E-state index contributed by atoms with van der Waals surface area (Å²) < 4.78 is 0. The summed E-state index contributed by atoms with van der Waals surface area (Å²) in [7, 11) is 0. The van der Waals surface area contributed by atoms with Crippen LogP contribution in [-0.2, 0) is 11.2 Å². The Hall–Kier alpha value is -3.13. The van der Waals surface area contributed by atoms with Gasteiger partial charge in [0.2, 0.25) is 0 Å². The first kappa shape index (κ1) is 16.3. The van der Waals surface area contributed by atoms with Gasteiger partial charge in [0.15, 0.2) is 0 Å². The van der Waals surface area contributed by atoms with Gasteiger partial charge in [0.25, 0.3) is 5.91 Å². The third kappa shape index (κ3) is 3.06. The molecule has 0 saturated heterocycles. The SMILES string of the molecule is CC1Cc2ccccc2N1C(=O)/C(=C\c1ccccc1)c1ccccc1. The minimum atomic E-state index is 0.0532. The first-order chi connectivity index (χ1) is 12.7. The maximum Gasteiger partial charge on any atom is 0.259 e. The Kier molecular flexibility index (Phi) is 4.40. The summed E-state index contributed by atoms with van der Waals surface area (Å²) in [5, 5.41) is 0. The predicted molar refractivity (Wildman–Crippen MR) is 108 cm³/mol. The number of carbonyl (C=O) groups is 1. The smallest absolute Gasteiger partial charge is 0.259 e. The summed E-state index contributed by atoms with van der Waals surface area (Å²) in [5.41, 5.74) is 4.96. The van der Waals surface area contributed by atoms with Gasteiger partial charge in [-0.2, -0.15) is 0 Å². The van der Waals surface area contributed by atoms with Crippen molar-refractivity contribution in [3.63, 3.8) is 0 Å². The van der Waals surface area contributed by atoms with E-state index >= 15 is 0 Å². The fourth-order valence-corrected chi connectivity index (χ4v) is 3.61. The summed E-state index contributed by atoms with van der Waals surface area (Å²) in [6, 6.07) is 28.3. The number of carbonyl (C=O) groups excluding carboxylic acids is 1. The van der Waals surface area contributed by atoms with Crippen molar-refractivity contribution in [2.75, 3.05) is 4.90 Å². The van der Waals surface area contributed by atoms with E-state index < -0.39 is 0 Å². The molecule has 0 bridgehead atoms. The molecule has 128 valence electrons. The zero-order chi connectivity index (χ0) is 17.9. The maximum atomic E-state index is 13.6. The van der Waals surface area contributed by atoms with E-state index in [9.17, 15) is 4.79 Å². The molecule has 1 heterocycles. The van der Waals surface area contributed by atoms with Gasteiger partial charge in [-0.3, -0.25) is 4.79 Å². The minimum Gasteiger partial charge on any atom is -0.305 e. The molecule has 4 rings (SSSR count). The van der Waals surface area contributed by atoms with E-state index in [1.165, 1.54) is 5.56 Å². The lowest BCUT2D eigenvalue weighted by Gasteiger charge is -2.24. The number of amides is 1. The Bertz CT molecular complexity index is 944. The van der Waals surface area contributed by atoms with E-state index in [4.69, 9.17) is 0 Å². The molecule has 0 fully saturated rings. The summed E-state index contributed by atoms with van der Waals surface area (Å²) >= 11 is 0. The second-order valence-electron chi connectivity index (χ2n) is 6.69. The molecule has 0 aliphatic carbocycles. The number of benzene rings is 3. The summed E-state index contributed by atoms with van der Waals surface area (Å²) in [4.78, 5) is 15.5. The third-order valence-corrected chi connectivity index (χ3v) is 4.85. The molecule has 1 amide bonds. The van der Waals surface area contributed by atoms with Crippen molar-refractivity contribution >= 4 is 23.2 Å². The van der Waals surface area contributed by atoms with Crippen LogP contribution in [0.25, 0.3) is 11.6 Å². The van der Waals surface area contributed by atoms with Crippen LogP contribution >= 0.6 is 0 Å². The predicted octanol–water partition coefficient (Wildman–Crippen LogP) is 5.21. The van der Waals surface area contributed by atoms with Gasteiger partial charge in [-0.25, -0.2) is 0 Å². The lowest BCUT2D eigenvalue weighted by atomic mass is 10.0. The van der Waals surface area contributed by atoms with Gasteiger partial charge in [0.05, 0.1) is 0 Å². The van der Waals surface area contributed by atoms with E-state index in [0.717, 1.165) is 28.8 Å². The molecular formula is C24H21NO. The third-order valence-electron chi connectivity index (χ3n) is 4.85. The molecule has 3 aromatic carbocycles. The fourth-order valence-electron chi connectivity index (χ4n) is 3.61. The summed E-state index contributed by atoms with van der Waals surface area (Å²) in [6.07, 6.45) is 2.89. The van der Waals surface area contributed by atoms with Crippen LogP contribution in [0.15, 0.2) is 84.9 Å². The van der Waals surface area contributed by atoms with E-state index in [0.29, 0.717) is 0 Å². The van der Waals surface area contributed by atoms with Crippen LogP contribution in [-0.4, -0.2) is 11.9 Å². The molecule has 1 atom stereocenters. The lowest BCUT2D eigenvalue weighted by Crippen LogP contribution is -2.36. The Morgan fingerprint density at radius 2 is 1.50 bits per heavy atom. The van der Waals surface area contributed by atoms with Crippen molar-refractivity contribution in [1.82, 2.24) is 0 Å². The summed E-state index contributed by atoms with van der Waals surface area (Å²) in [5.74, 6) is 0.0532. The van der Waals surface area contributed by atoms with Gasteiger partial charge in [0.1, 0.15) is 0 Å². The molecule has 2 heteroatoms. The molecule has 1 aliphatic rings. The van der Waals surface area contributed by atoms with Gasteiger partial charge in [0, 0.05) is 17.3 Å². The maximum absolute atomic E-state index is 13.6. The first-order valence-electron chi connectivity index (χ1n) is 8.97. The van der Waals surface area contributed by atoms with Crippen LogP contribution in [0.3, 0.4) is 0 Å². The Morgan fingerprint density at radius 1 is 0.885 bits per heavy atom. The van der Waals surface area contributed by atoms with E-state index in [-0.39, 0.29) is 11.9 Å². The highest BCUT2D eigenvalue weighted by atomic mass is 16.2. The van der Waals surface area contributed by atoms with Gasteiger partial charge < -0.3 is 4.90 Å². The summed E-state index contributed by atoms with van der Waals surface area (Å²) in [6.45, 7) is 2.11. The quantitative estimate of drug-likeness (QED) is 0.474. The van der Waals surface area contributed by atoms with E-state index in [1.54, 1.807) is 0 Å². The largest absolute Gasteiger partial charge is 0.305 e. The lowest BCUT2D eigenvalue weighted by molar-refractivity contribution is -0.113. The minimum absolute atomic E-state index is 0.0532. The number of hydrogen-bond acceptors (Lipinski definition) is 1. The molecule has 0 saturated carbocycles. The number of hydrogen-bond donors (Lipinski definition) is 0. The molecule has 0 N–H and O–H groups in total. The van der Waals surface area contributed by atoms with Crippen molar-refractivity contribution in [3.05, 3.63) is 102 Å². The Labute approximate surface area is 154 Å². The highest BCUT2D eigenvalue weighted by Crippen LogP contribution is 2.34. The number of nitrogens with zero attached hydrogens (tertiary/aromatic N) is 1. The van der Waals surface area contributed by atoms with Crippen molar-refractivity contribution < 1.29 is 4.79 Å². The van der Waals surface area contributed by atoms with Gasteiger partial charge in [-0.15, -0.1) is 0 Å². The van der Waals surface area contributed by atoms with Crippen molar-refractivity contribution in [2.45, 2.75) is 19.4 Å². The topological polar surface area (TPSA) is 20.3 Å². The van der Waals surface area contributed by atoms with Gasteiger partial charge in [-0.1, -0.05) is 78.9 Å². The molecule has 0 aromatic heterocycles. The number of anilines is 1. The van der Waals surface area contributed by atoms with E-state index in [1.807, 2.05) is 89.8 Å². The van der Waals surface area contributed by atoms with E-state index in [2.05, 4.69) is 13.0 Å². The van der Waals surface area contributed by atoms with Gasteiger partial charge in [-0.05, 0) is 42.2 Å². The fraction of sp³-hybridized carbons (Fsp3) is 0.125. The highest BCUT2D eigenvalue weighted by Gasteiger charge is 2.32. The zero-order valence-electron chi connectivity index (χ0n) is 14.8. The molecular weight excluding hydrogens is 318 g/mol. The normalized spacial score (nSPS) is 16.4. The van der Waals surface area contributed by atoms with Crippen LogP contribution < -0.4 is 4.90 Å². The zero-order valence-corrected chi connectivity index (χ0v) is 14.8. The Morgan fingerprint density at radius 3 is 2.23 bits per heavy atom. The molecule has 3 aromatic rings. The molecule has 26 heavy (non-hydrogen) atoms. The molecule has 0 radical (unpaired) electrons. The van der Waals surface area contributed by atoms with Crippen molar-refractivity contribution in [1.29, 1.82) is 0 Å². The first-order valence-corrected chi connectivity index (χ1v) is 8.97. The molecule has 0 spiro atoms. The van der Waals surface area contributed by atoms with Crippen LogP contribution in [0.2, 0.25) is 0 Å². The number of para-hydroxylation sites is 1. The standard InChI is InChI=1S/C24H21NO/c1-18-16-21-14-8-9-15-23(21)25(18)24(26)22(20-12-6-3-7-13-20)17-19-10-4-2-5-11-19/h2-15,17-18H,16H2,1H3/b22-17-. The van der Waals surface area contributed by atoms with Crippen molar-refractivity contribution in [3.8, 4) is 0 Å². The average molecular weight is 339 g/mol. The van der Waals surface area contributed by atoms with Crippen LogP contribution in [0.1, 0.15) is 23.6 Å². The second-order valence-corrected chi connectivity index (χ2v) is 6.69.